The van der Waals surface area contributed by atoms with Crippen LogP contribution in [0.4, 0.5) is 0 Å². The molecule has 1 aromatic rings. The normalized spacial score (nSPS) is 23.5. The Morgan fingerprint density at radius 2 is 1.90 bits per heavy atom. The van der Waals surface area contributed by atoms with Crippen LogP contribution in [0.2, 0.25) is 0 Å². The van der Waals surface area contributed by atoms with Crippen LogP contribution >= 0.6 is 0 Å². The molecule has 0 aliphatic heterocycles. The number of aliphatic hydroxyl groups excluding tert-OH is 1. The van der Waals surface area contributed by atoms with Crippen LogP contribution in [0.3, 0.4) is 0 Å². The van der Waals surface area contributed by atoms with Gasteiger partial charge in [0.05, 0.1) is 6.10 Å². The zero-order chi connectivity index (χ0) is 15.2. The van der Waals surface area contributed by atoms with E-state index in [1.54, 1.807) is 12.1 Å². The molecule has 1 aliphatic carbocycles. The lowest BCUT2D eigenvalue weighted by Crippen LogP contribution is -2.20. The fourth-order valence-electron chi connectivity index (χ4n) is 3.44. The molecular formula is C19H26O2. The molecule has 2 nitrogen and oxygen atoms in total. The number of allylic oxidation sites excluding steroid dienone is 1. The van der Waals surface area contributed by atoms with Crippen LogP contribution in [-0.2, 0) is 0 Å². The highest BCUT2D eigenvalue weighted by Gasteiger charge is 2.26. The molecule has 0 amide bonds. The van der Waals surface area contributed by atoms with Crippen LogP contribution in [0.25, 0.3) is 0 Å². The predicted molar refractivity (Wildman–Crippen MR) is 86.3 cm³/mol. The molecule has 1 aliphatic rings. The van der Waals surface area contributed by atoms with Crippen molar-refractivity contribution in [2.24, 2.45) is 11.8 Å². The van der Waals surface area contributed by atoms with E-state index >= 15 is 0 Å². The van der Waals surface area contributed by atoms with Gasteiger partial charge in [0.25, 0.3) is 0 Å². The van der Waals surface area contributed by atoms with Crippen molar-refractivity contribution in [2.75, 3.05) is 0 Å². The maximum absolute atomic E-state index is 11.5. The Morgan fingerprint density at radius 1 is 1.29 bits per heavy atom. The summed E-state index contributed by atoms with van der Waals surface area (Å²) >= 11 is 0. The second-order valence-corrected chi connectivity index (χ2v) is 6.20. The second-order valence-electron chi connectivity index (χ2n) is 6.20. The standard InChI is InChI=1S/C19H26O2/c1-3-5-14-6-8-16(9-7-14)19(21)17-12-10-15(11-13-17)18(20)4-2/h4,10-14,16,19,21H,2-3,5-9H2,1H3. The van der Waals surface area contributed by atoms with Crippen molar-refractivity contribution in [3.05, 3.63) is 48.0 Å². The lowest BCUT2D eigenvalue weighted by Gasteiger charge is -2.31. The van der Waals surface area contributed by atoms with Gasteiger partial charge in [0.2, 0.25) is 0 Å². The fraction of sp³-hybridized carbons (Fsp3) is 0.526. The first-order valence-electron chi connectivity index (χ1n) is 8.10. The zero-order valence-corrected chi connectivity index (χ0v) is 12.9. The Kier molecular flexibility index (Phi) is 5.75. The molecule has 2 rings (SSSR count). The topological polar surface area (TPSA) is 37.3 Å². The van der Waals surface area contributed by atoms with Gasteiger partial charge in [-0.25, -0.2) is 0 Å². The van der Waals surface area contributed by atoms with Crippen LogP contribution in [0.1, 0.15) is 67.5 Å². The number of rotatable bonds is 6. The number of carbonyl (C=O) groups is 1. The Bertz CT molecular complexity index is 467. The van der Waals surface area contributed by atoms with Gasteiger partial charge in [-0.15, -0.1) is 0 Å². The van der Waals surface area contributed by atoms with Crippen LogP contribution in [-0.4, -0.2) is 10.9 Å². The van der Waals surface area contributed by atoms with E-state index in [4.69, 9.17) is 0 Å². The molecule has 2 heteroatoms. The van der Waals surface area contributed by atoms with Gasteiger partial charge < -0.3 is 5.11 Å². The van der Waals surface area contributed by atoms with E-state index in [0.29, 0.717) is 11.5 Å². The molecule has 114 valence electrons. The number of benzene rings is 1. The summed E-state index contributed by atoms with van der Waals surface area (Å²) in [5.74, 6) is 1.14. The van der Waals surface area contributed by atoms with E-state index in [9.17, 15) is 9.90 Å². The minimum absolute atomic E-state index is 0.0730. The van der Waals surface area contributed by atoms with Gasteiger partial charge >= 0.3 is 0 Å². The summed E-state index contributed by atoms with van der Waals surface area (Å²) in [5, 5.41) is 10.5. The predicted octanol–water partition coefficient (Wildman–Crippen LogP) is 4.70. The Hall–Kier alpha value is -1.41. The van der Waals surface area contributed by atoms with Crippen molar-refractivity contribution in [2.45, 2.75) is 51.6 Å². The molecule has 1 atom stereocenters. The quantitative estimate of drug-likeness (QED) is 0.608. The molecular weight excluding hydrogens is 260 g/mol. The Balaban J connectivity index is 1.96. The third-order valence-electron chi connectivity index (χ3n) is 4.76. The van der Waals surface area contributed by atoms with Crippen LogP contribution in [0.5, 0.6) is 0 Å². The lowest BCUT2D eigenvalue weighted by molar-refractivity contribution is 0.0722. The molecule has 1 saturated carbocycles. The maximum Gasteiger partial charge on any atom is 0.185 e. The average molecular weight is 286 g/mol. The molecule has 0 radical (unpaired) electrons. The van der Waals surface area contributed by atoms with Crippen molar-refractivity contribution in [1.82, 2.24) is 0 Å². The van der Waals surface area contributed by atoms with E-state index in [0.717, 1.165) is 24.3 Å². The van der Waals surface area contributed by atoms with E-state index < -0.39 is 6.10 Å². The van der Waals surface area contributed by atoms with Gasteiger partial charge in [0.1, 0.15) is 0 Å². The summed E-state index contributed by atoms with van der Waals surface area (Å²) < 4.78 is 0. The van der Waals surface area contributed by atoms with E-state index in [1.807, 2.05) is 12.1 Å². The smallest absolute Gasteiger partial charge is 0.185 e. The molecule has 1 N–H and O–H groups in total. The summed E-state index contributed by atoms with van der Waals surface area (Å²) in [6.45, 7) is 5.73. The lowest BCUT2D eigenvalue weighted by atomic mass is 9.76. The summed E-state index contributed by atoms with van der Waals surface area (Å²) in [6.07, 6.45) is 8.20. The highest BCUT2D eigenvalue weighted by molar-refractivity contribution is 6.04. The van der Waals surface area contributed by atoms with Crippen molar-refractivity contribution in [1.29, 1.82) is 0 Å². The molecule has 0 bridgehead atoms. The third kappa shape index (κ3) is 4.04. The van der Waals surface area contributed by atoms with Gasteiger partial charge in [0.15, 0.2) is 5.78 Å². The van der Waals surface area contributed by atoms with Crippen molar-refractivity contribution in [3.8, 4) is 0 Å². The van der Waals surface area contributed by atoms with Crippen LogP contribution in [0.15, 0.2) is 36.9 Å². The number of ketones is 1. The molecule has 1 aromatic carbocycles. The highest BCUT2D eigenvalue weighted by Crippen LogP contribution is 2.38. The van der Waals surface area contributed by atoms with E-state index in [-0.39, 0.29) is 5.78 Å². The molecule has 0 spiro atoms. The van der Waals surface area contributed by atoms with Crippen molar-refractivity contribution in [3.63, 3.8) is 0 Å². The largest absolute Gasteiger partial charge is 0.388 e. The summed E-state index contributed by atoms with van der Waals surface area (Å²) in [6, 6.07) is 7.32. The fourth-order valence-corrected chi connectivity index (χ4v) is 3.44. The SMILES string of the molecule is C=CC(=O)c1ccc(C(O)C2CCC(CCC)CC2)cc1. The molecule has 1 fully saturated rings. The van der Waals surface area contributed by atoms with Gasteiger partial charge in [-0.1, -0.05) is 63.5 Å². The molecule has 21 heavy (non-hydrogen) atoms. The molecule has 1 unspecified atom stereocenters. The van der Waals surface area contributed by atoms with Gasteiger partial charge in [0, 0.05) is 5.56 Å². The number of hydrogen-bond donors (Lipinski definition) is 1. The number of aliphatic hydroxyl groups is 1. The number of carbonyl (C=O) groups excluding carboxylic acids is 1. The van der Waals surface area contributed by atoms with Crippen molar-refractivity contribution < 1.29 is 9.90 Å². The summed E-state index contributed by atoms with van der Waals surface area (Å²) in [7, 11) is 0. The number of hydrogen-bond acceptors (Lipinski definition) is 2. The monoisotopic (exact) mass is 286 g/mol. The average Bonchev–Trinajstić information content (AvgIpc) is 2.54. The summed E-state index contributed by atoms with van der Waals surface area (Å²) in [4.78, 5) is 11.5. The molecule has 0 saturated heterocycles. The first-order chi connectivity index (χ1) is 10.2. The van der Waals surface area contributed by atoms with Crippen molar-refractivity contribution >= 4 is 5.78 Å². The van der Waals surface area contributed by atoms with Gasteiger partial charge in [-0.2, -0.15) is 0 Å². The Morgan fingerprint density at radius 3 is 2.43 bits per heavy atom. The first kappa shape index (κ1) is 16.0. The zero-order valence-electron chi connectivity index (χ0n) is 12.9. The maximum atomic E-state index is 11.5. The summed E-state index contributed by atoms with van der Waals surface area (Å²) in [5.41, 5.74) is 1.56. The van der Waals surface area contributed by atoms with E-state index in [2.05, 4.69) is 13.5 Å². The van der Waals surface area contributed by atoms with Gasteiger partial charge in [-0.05, 0) is 36.3 Å². The Labute approximate surface area is 127 Å². The van der Waals surface area contributed by atoms with Crippen LogP contribution in [0, 0.1) is 11.8 Å². The van der Waals surface area contributed by atoms with Gasteiger partial charge in [-0.3, -0.25) is 4.79 Å². The molecule has 0 heterocycles. The van der Waals surface area contributed by atoms with E-state index in [1.165, 1.54) is 31.8 Å². The minimum Gasteiger partial charge on any atom is -0.388 e. The molecule has 0 aromatic heterocycles. The first-order valence-corrected chi connectivity index (χ1v) is 8.10. The highest BCUT2D eigenvalue weighted by atomic mass is 16.3. The van der Waals surface area contributed by atoms with Crippen LogP contribution < -0.4 is 0 Å². The third-order valence-corrected chi connectivity index (χ3v) is 4.76. The second kappa shape index (κ2) is 7.56. The minimum atomic E-state index is -0.402.